The summed E-state index contributed by atoms with van der Waals surface area (Å²) in [5.41, 5.74) is 1.84. The molecule has 3 rings (SSSR count). The van der Waals surface area contributed by atoms with E-state index in [1.807, 2.05) is 31.2 Å². The van der Waals surface area contributed by atoms with Crippen LogP contribution in [-0.4, -0.2) is 23.8 Å². The number of amides is 2. The number of benzene rings is 2. The fraction of sp³-hybridized carbons (Fsp3) is 0.176. The number of imide groups is 1. The fourth-order valence-corrected chi connectivity index (χ4v) is 2.59. The smallest absolute Gasteiger partial charge is 0.262 e. The molecule has 21 heavy (non-hydrogen) atoms. The predicted octanol–water partition coefficient (Wildman–Crippen LogP) is 3.05. The van der Waals surface area contributed by atoms with Crippen LogP contribution in [0, 0.1) is 0 Å². The van der Waals surface area contributed by atoms with Gasteiger partial charge in [-0.2, -0.15) is 0 Å². The van der Waals surface area contributed by atoms with E-state index in [9.17, 15) is 9.59 Å². The van der Waals surface area contributed by atoms with Gasteiger partial charge in [0.25, 0.3) is 11.8 Å². The van der Waals surface area contributed by atoms with Crippen LogP contribution in [0.3, 0.4) is 0 Å². The minimum Gasteiger partial charge on any atom is -0.497 e. The average molecular weight is 281 g/mol. The molecule has 106 valence electrons. The van der Waals surface area contributed by atoms with Crippen molar-refractivity contribution in [1.29, 1.82) is 0 Å². The Hall–Kier alpha value is -2.62. The Balaban J connectivity index is 1.94. The van der Waals surface area contributed by atoms with Crippen LogP contribution >= 0.6 is 0 Å². The summed E-state index contributed by atoms with van der Waals surface area (Å²) in [4.78, 5) is 26.2. The molecule has 4 heteroatoms. The van der Waals surface area contributed by atoms with Gasteiger partial charge < -0.3 is 4.74 Å². The van der Waals surface area contributed by atoms with Crippen LogP contribution in [0.1, 0.15) is 39.2 Å². The number of rotatable bonds is 3. The summed E-state index contributed by atoms with van der Waals surface area (Å²) < 4.78 is 5.12. The molecule has 1 atom stereocenters. The SMILES string of the molecule is COc1ccc([C@@H](C)N2C(=O)c3ccccc3C2=O)cc1. The standard InChI is InChI=1S/C17H15NO3/c1-11(12-7-9-13(21-2)10-8-12)18-16(19)14-5-3-4-6-15(14)17(18)20/h3-11H,1-2H3/t11-/m1/s1. The molecule has 0 bridgehead atoms. The van der Waals surface area contributed by atoms with Gasteiger partial charge in [0.05, 0.1) is 24.3 Å². The second kappa shape index (κ2) is 5.05. The minimum atomic E-state index is -0.316. The third kappa shape index (κ3) is 2.09. The molecule has 0 saturated heterocycles. The van der Waals surface area contributed by atoms with E-state index in [1.54, 1.807) is 31.4 Å². The maximum Gasteiger partial charge on any atom is 0.262 e. The molecular formula is C17H15NO3. The summed E-state index contributed by atoms with van der Waals surface area (Å²) in [5.74, 6) is 0.270. The topological polar surface area (TPSA) is 46.6 Å². The Bertz CT molecular complexity index is 671. The highest BCUT2D eigenvalue weighted by atomic mass is 16.5. The van der Waals surface area contributed by atoms with Gasteiger partial charge in [-0.05, 0) is 36.8 Å². The molecule has 1 heterocycles. The van der Waals surface area contributed by atoms with Crippen molar-refractivity contribution in [3.8, 4) is 5.75 Å². The van der Waals surface area contributed by atoms with E-state index in [4.69, 9.17) is 4.74 Å². The second-order valence-electron chi connectivity index (χ2n) is 4.98. The highest BCUT2D eigenvalue weighted by Gasteiger charge is 2.38. The van der Waals surface area contributed by atoms with Crippen molar-refractivity contribution in [3.05, 3.63) is 65.2 Å². The number of hydrogen-bond acceptors (Lipinski definition) is 3. The molecule has 0 unspecified atom stereocenters. The van der Waals surface area contributed by atoms with Crippen molar-refractivity contribution < 1.29 is 14.3 Å². The molecule has 2 amide bonds. The number of hydrogen-bond donors (Lipinski definition) is 0. The molecule has 1 aliphatic rings. The number of carbonyl (C=O) groups excluding carboxylic acids is 2. The minimum absolute atomic E-state index is 0.237. The summed E-state index contributed by atoms with van der Waals surface area (Å²) in [7, 11) is 1.60. The number of fused-ring (bicyclic) bond motifs is 1. The van der Waals surface area contributed by atoms with Gasteiger partial charge >= 0.3 is 0 Å². The molecule has 0 aromatic heterocycles. The molecule has 2 aromatic rings. The van der Waals surface area contributed by atoms with E-state index < -0.39 is 0 Å². The number of carbonyl (C=O) groups is 2. The van der Waals surface area contributed by atoms with Crippen LogP contribution < -0.4 is 4.74 Å². The first-order chi connectivity index (χ1) is 10.1. The van der Waals surface area contributed by atoms with Gasteiger partial charge in [0, 0.05) is 0 Å². The van der Waals surface area contributed by atoms with Crippen molar-refractivity contribution in [3.63, 3.8) is 0 Å². The Labute approximate surface area is 123 Å². The molecule has 0 spiro atoms. The van der Waals surface area contributed by atoms with Crippen molar-refractivity contribution >= 4 is 11.8 Å². The highest BCUT2D eigenvalue weighted by molar-refractivity contribution is 6.21. The van der Waals surface area contributed by atoms with Crippen molar-refractivity contribution in [2.75, 3.05) is 7.11 Å². The lowest BCUT2D eigenvalue weighted by atomic mass is 10.1. The van der Waals surface area contributed by atoms with Crippen LogP contribution in [0.5, 0.6) is 5.75 Å². The zero-order valence-electron chi connectivity index (χ0n) is 11.9. The van der Waals surface area contributed by atoms with Crippen LogP contribution in [-0.2, 0) is 0 Å². The maximum atomic E-state index is 12.4. The number of ether oxygens (including phenoxy) is 1. The lowest BCUT2D eigenvalue weighted by Gasteiger charge is -2.23. The van der Waals surface area contributed by atoms with Gasteiger partial charge in [0.15, 0.2) is 0 Å². The van der Waals surface area contributed by atoms with Crippen molar-refractivity contribution in [2.24, 2.45) is 0 Å². The van der Waals surface area contributed by atoms with E-state index in [1.165, 1.54) is 4.90 Å². The number of nitrogens with zero attached hydrogens (tertiary/aromatic N) is 1. The van der Waals surface area contributed by atoms with Crippen LogP contribution in [0.15, 0.2) is 48.5 Å². The molecule has 4 nitrogen and oxygen atoms in total. The van der Waals surface area contributed by atoms with Gasteiger partial charge in [-0.25, -0.2) is 0 Å². The first kappa shape index (κ1) is 13.4. The van der Waals surface area contributed by atoms with Gasteiger partial charge in [-0.1, -0.05) is 24.3 Å². The van der Waals surface area contributed by atoms with E-state index in [0.717, 1.165) is 11.3 Å². The summed E-state index contributed by atoms with van der Waals surface area (Å²) in [6, 6.07) is 14.0. The van der Waals surface area contributed by atoms with Gasteiger partial charge in [0.1, 0.15) is 5.75 Å². The lowest BCUT2D eigenvalue weighted by molar-refractivity contribution is 0.0595. The lowest BCUT2D eigenvalue weighted by Crippen LogP contribution is -2.32. The third-order valence-corrected chi connectivity index (χ3v) is 3.81. The highest BCUT2D eigenvalue weighted by Crippen LogP contribution is 2.31. The Morgan fingerprint density at radius 3 is 1.90 bits per heavy atom. The predicted molar refractivity (Wildman–Crippen MR) is 78.4 cm³/mol. The molecule has 0 fully saturated rings. The Morgan fingerprint density at radius 2 is 1.43 bits per heavy atom. The monoisotopic (exact) mass is 281 g/mol. The zero-order chi connectivity index (χ0) is 15.0. The van der Waals surface area contributed by atoms with Crippen LogP contribution in [0.25, 0.3) is 0 Å². The quantitative estimate of drug-likeness (QED) is 0.812. The molecule has 0 N–H and O–H groups in total. The molecule has 2 aromatic carbocycles. The molecule has 0 radical (unpaired) electrons. The van der Waals surface area contributed by atoms with Crippen LogP contribution in [0.4, 0.5) is 0 Å². The third-order valence-electron chi connectivity index (χ3n) is 3.81. The molecule has 0 aliphatic carbocycles. The van der Waals surface area contributed by atoms with E-state index >= 15 is 0 Å². The Morgan fingerprint density at radius 1 is 0.905 bits per heavy atom. The Kier molecular flexibility index (Phi) is 3.22. The van der Waals surface area contributed by atoms with Gasteiger partial charge in [-0.3, -0.25) is 14.5 Å². The van der Waals surface area contributed by atoms with Gasteiger partial charge in [0.2, 0.25) is 0 Å². The molecular weight excluding hydrogens is 266 g/mol. The summed E-state index contributed by atoms with van der Waals surface area (Å²) >= 11 is 0. The fourth-order valence-electron chi connectivity index (χ4n) is 2.59. The van der Waals surface area contributed by atoms with E-state index in [2.05, 4.69) is 0 Å². The van der Waals surface area contributed by atoms with Gasteiger partial charge in [-0.15, -0.1) is 0 Å². The summed E-state index contributed by atoms with van der Waals surface area (Å²) in [5, 5.41) is 0. The van der Waals surface area contributed by atoms with E-state index in [-0.39, 0.29) is 17.9 Å². The van der Waals surface area contributed by atoms with E-state index in [0.29, 0.717) is 11.1 Å². The summed E-state index contributed by atoms with van der Waals surface area (Å²) in [6.07, 6.45) is 0. The second-order valence-corrected chi connectivity index (χ2v) is 4.98. The first-order valence-corrected chi connectivity index (χ1v) is 6.74. The summed E-state index contributed by atoms with van der Waals surface area (Å²) in [6.45, 7) is 1.85. The van der Waals surface area contributed by atoms with Crippen molar-refractivity contribution in [2.45, 2.75) is 13.0 Å². The van der Waals surface area contributed by atoms with Crippen molar-refractivity contribution in [1.82, 2.24) is 4.90 Å². The largest absolute Gasteiger partial charge is 0.497 e. The maximum absolute atomic E-state index is 12.4. The normalized spacial score (nSPS) is 15.0. The first-order valence-electron chi connectivity index (χ1n) is 6.74. The zero-order valence-corrected chi connectivity index (χ0v) is 11.9. The molecule has 0 saturated carbocycles. The molecule has 1 aliphatic heterocycles. The number of methoxy groups -OCH3 is 1. The van der Waals surface area contributed by atoms with Crippen LogP contribution in [0.2, 0.25) is 0 Å². The average Bonchev–Trinajstić information content (AvgIpc) is 2.79.